The highest BCUT2D eigenvalue weighted by molar-refractivity contribution is 5.55. The maximum atomic E-state index is 5.79. The van der Waals surface area contributed by atoms with Crippen LogP contribution in [0.25, 0.3) is 0 Å². The first-order chi connectivity index (χ1) is 7.79. The average molecular weight is 217 g/mol. The molecule has 2 atom stereocenters. The molecule has 0 aliphatic carbocycles. The molecule has 1 aromatic rings. The molecule has 0 saturated carbocycles. The van der Waals surface area contributed by atoms with Gasteiger partial charge in [-0.05, 0) is 25.1 Å². The zero-order valence-electron chi connectivity index (χ0n) is 9.76. The van der Waals surface area contributed by atoms with Gasteiger partial charge in [0.1, 0.15) is 0 Å². The molecule has 1 aromatic carbocycles. The maximum Gasteiger partial charge on any atom is 0.0412 e. The number of para-hydroxylation sites is 1. The number of hydrogen-bond donors (Lipinski definition) is 1. The monoisotopic (exact) mass is 217 g/mol. The fourth-order valence-corrected chi connectivity index (χ4v) is 2.99. The van der Waals surface area contributed by atoms with Crippen LogP contribution in [0.2, 0.25) is 0 Å². The minimum Gasteiger partial charge on any atom is -0.368 e. The molecule has 3 heterocycles. The third-order valence-corrected chi connectivity index (χ3v) is 4.11. The van der Waals surface area contributed by atoms with E-state index < -0.39 is 0 Å². The van der Waals surface area contributed by atoms with Gasteiger partial charge < -0.3 is 10.6 Å². The van der Waals surface area contributed by atoms with Gasteiger partial charge in [0, 0.05) is 37.4 Å². The Hall–Kier alpha value is -1.06. The fourth-order valence-electron chi connectivity index (χ4n) is 2.99. The third kappa shape index (κ3) is 1.43. The van der Waals surface area contributed by atoms with Gasteiger partial charge in [0.25, 0.3) is 0 Å². The molecular formula is C13H19N3. The Labute approximate surface area is 96.8 Å². The lowest BCUT2D eigenvalue weighted by atomic mass is 9.88. The van der Waals surface area contributed by atoms with E-state index in [0.29, 0.717) is 6.54 Å². The van der Waals surface area contributed by atoms with Crippen LogP contribution in [-0.2, 0) is 6.54 Å². The van der Waals surface area contributed by atoms with E-state index in [1.54, 1.807) is 0 Å². The number of nitrogens with two attached hydrogens (primary N) is 1. The molecule has 0 spiro atoms. The fraction of sp³-hybridized carbons (Fsp3) is 0.538. The van der Waals surface area contributed by atoms with E-state index in [0.717, 1.165) is 25.2 Å². The van der Waals surface area contributed by atoms with Crippen LogP contribution in [0.1, 0.15) is 12.0 Å². The minimum atomic E-state index is 0.637. The highest BCUT2D eigenvalue weighted by Crippen LogP contribution is 2.34. The summed E-state index contributed by atoms with van der Waals surface area (Å²) < 4.78 is 0. The van der Waals surface area contributed by atoms with Crippen LogP contribution in [0.3, 0.4) is 0 Å². The van der Waals surface area contributed by atoms with Crippen molar-refractivity contribution in [1.82, 2.24) is 4.90 Å². The van der Waals surface area contributed by atoms with Gasteiger partial charge in [-0.1, -0.05) is 18.2 Å². The lowest BCUT2D eigenvalue weighted by Gasteiger charge is -2.55. The molecule has 0 radical (unpaired) electrons. The number of benzene rings is 1. The first-order valence-electron chi connectivity index (χ1n) is 6.04. The van der Waals surface area contributed by atoms with Gasteiger partial charge in [0.15, 0.2) is 0 Å². The Morgan fingerprint density at radius 2 is 1.94 bits per heavy atom. The Morgan fingerprint density at radius 3 is 2.56 bits per heavy atom. The Bertz CT molecular complexity index is 379. The van der Waals surface area contributed by atoms with Gasteiger partial charge in [-0.15, -0.1) is 0 Å². The lowest BCUT2D eigenvalue weighted by Crippen LogP contribution is -2.67. The van der Waals surface area contributed by atoms with Crippen LogP contribution in [0.15, 0.2) is 24.3 Å². The lowest BCUT2D eigenvalue weighted by molar-refractivity contribution is 0.0263. The van der Waals surface area contributed by atoms with Gasteiger partial charge in [-0.25, -0.2) is 0 Å². The first-order valence-corrected chi connectivity index (χ1v) is 6.04. The second kappa shape index (κ2) is 3.75. The summed E-state index contributed by atoms with van der Waals surface area (Å²) in [6.07, 6.45) is 1.37. The number of likely N-dealkylation sites (N-methyl/N-ethyl adjacent to an activating group) is 1. The first kappa shape index (κ1) is 10.1. The number of anilines is 1. The summed E-state index contributed by atoms with van der Waals surface area (Å²) >= 11 is 0. The Morgan fingerprint density at radius 1 is 1.25 bits per heavy atom. The topological polar surface area (TPSA) is 32.5 Å². The van der Waals surface area contributed by atoms with Crippen LogP contribution < -0.4 is 10.6 Å². The zero-order valence-corrected chi connectivity index (χ0v) is 9.76. The van der Waals surface area contributed by atoms with E-state index in [2.05, 4.69) is 41.1 Å². The van der Waals surface area contributed by atoms with Crippen molar-refractivity contribution in [2.45, 2.75) is 25.0 Å². The molecule has 3 nitrogen and oxygen atoms in total. The van der Waals surface area contributed by atoms with Crippen LogP contribution in [-0.4, -0.2) is 37.1 Å². The summed E-state index contributed by atoms with van der Waals surface area (Å²) in [7, 11) is 2.24. The quantitative estimate of drug-likeness (QED) is 0.803. The van der Waals surface area contributed by atoms with Gasteiger partial charge in [0.2, 0.25) is 0 Å². The van der Waals surface area contributed by atoms with Crippen LogP contribution >= 0.6 is 0 Å². The molecule has 0 aromatic heterocycles. The Balaban J connectivity index is 1.83. The van der Waals surface area contributed by atoms with Gasteiger partial charge >= 0.3 is 0 Å². The number of hydrogen-bond acceptors (Lipinski definition) is 3. The van der Waals surface area contributed by atoms with Crippen molar-refractivity contribution >= 4 is 5.69 Å². The molecule has 4 rings (SSSR count). The number of fused-ring (bicyclic) bond motifs is 2. The molecule has 16 heavy (non-hydrogen) atoms. The van der Waals surface area contributed by atoms with E-state index in [9.17, 15) is 0 Å². The van der Waals surface area contributed by atoms with Crippen molar-refractivity contribution in [1.29, 1.82) is 0 Å². The van der Waals surface area contributed by atoms with Gasteiger partial charge in [-0.2, -0.15) is 0 Å². The average Bonchev–Trinajstić information content (AvgIpc) is 2.38. The summed E-state index contributed by atoms with van der Waals surface area (Å²) in [5.41, 5.74) is 8.40. The molecule has 3 aliphatic rings. The molecular weight excluding hydrogens is 198 g/mol. The SMILES string of the molecule is CN1C2CC1CN(c1ccccc1CN)C2. The van der Waals surface area contributed by atoms with E-state index in [-0.39, 0.29) is 0 Å². The summed E-state index contributed by atoms with van der Waals surface area (Å²) in [5.74, 6) is 0. The predicted octanol–water partition coefficient (Wildman–Crippen LogP) is 1.04. The summed E-state index contributed by atoms with van der Waals surface area (Å²) in [6, 6.07) is 10.0. The summed E-state index contributed by atoms with van der Waals surface area (Å²) in [5, 5.41) is 0. The molecule has 3 fully saturated rings. The second-order valence-corrected chi connectivity index (χ2v) is 4.95. The molecule has 2 unspecified atom stereocenters. The molecule has 3 heteroatoms. The van der Waals surface area contributed by atoms with E-state index >= 15 is 0 Å². The van der Waals surface area contributed by atoms with Crippen LogP contribution in [0.5, 0.6) is 0 Å². The standard InChI is InChI=1S/C13H19N3/c1-15-11-6-12(15)9-16(8-11)13-5-3-2-4-10(13)7-14/h2-5,11-12H,6-9,14H2,1H3. The largest absolute Gasteiger partial charge is 0.368 e. The van der Waals surface area contributed by atoms with Gasteiger partial charge in [0.05, 0.1) is 0 Å². The number of piperidine rings is 1. The van der Waals surface area contributed by atoms with Crippen molar-refractivity contribution in [2.75, 3.05) is 25.0 Å². The van der Waals surface area contributed by atoms with Crippen molar-refractivity contribution in [3.05, 3.63) is 29.8 Å². The molecule has 3 saturated heterocycles. The summed E-state index contributed by atoms with van der Waals surface area (Å²) in [4.78, 5) is 5.00. The molecule has 2 N–H and O–H groups in total. The Kier molecular flexibility index (Phi) is 2.37. The van der Waals surface area contributed by atoms with Crippen LogP contribution in [0.4, 0.5) is 5.69 Å². The summed E-state index contributed by atoms with van der Waals surface area (Å²) in [6.45, 7) is 2.95. The molecule has 3 aliphatic heterocycles. The van der Waals surface area contributed by atoms with Crippen molar-refractivity contribution < 1.29 is 0 Å². The van der Waals surface area contributed by atoms with Gasteiger partial charge in [-0.3, -0.25) is 4.90 Å². The normalized spacial score (nSPS) is 29.0. The van der Waals surface area contributed by atoms with E-state index in [1.165, 1.54) is 17.7 Å². The van der Waals surface area contributed by atoms with E-state index in [1.807, 2.05) is 0 Å². The second-order valence-electron chi connectivity index (χ2n) is 4.95. The molecule has 0 amide bonds. The predicted molar refractivity (Wildman–Crippen MR) is 66.5 cm³/mol. The van der Waals surface area contributed by atoms with Crippen molar-refractivity contribution in [3.63, 3.8) is 0 Å². The van der Waals surface area contributed by atoms with Crippen molar-refractivity contribution in [3.8, 4) is 0 Å². The zero-order chi connectivity index (χ0) is 11.1. The minimum absolute atomic E-state index is 0.637. The molecule has 86 valence electrons. The highest BCUT2D eigenvalue weighted by atomic mass is 15.3. The smallest absolute Gasteiger partial charge is 0.0412 e. The maximum absolute atomic E-state index is 5.79. The van der Waals surface area contributed by atoms with E-state index in [4.69, 9.17) is 5.73 Å². The highest BCUT2D eigenvalue weighted by Gasteiger charge is 2.42. The number of piperazine rings is 1. The number of nitrogens with zero attached hydrogens (tertiary/aromatic N) is 2. The van der Waals surface area contributed by atoms with Crippen LogP contribution in [0, 0.1) is 0 Å². The number of rotatable bonds is 2. The third-order valence-electron chi connectivity index (χ3n) is 4.11. The van der Waals surface area contributed by atoms with Crippen molar-refractivity contribution in [2.24, 2.45) is 5.73 Å². The molecule has 2 bridgehead atoms.